The van der Waals surface area contributed by atoms with E-state index in [1.807, 2.05) is 0 Å². The quantitative estimate of drug-likeness (QED) is 0.424. The minimum absolute atomic E-state index is 0. The Bertz CT molecular complexity index is 816. The summed E-state index contributed by atoms with van der Waals surface area (Å²) in [6.07, 6.45) is 0. The highest BCUT2D eigenvalue weighted by atomic mass is 127. The monoisotopic (exact) mass is 398 g/mol. The van der Waals surface area contributed by atoms with Crippen LogP contribution < -0.4 is 0 Å². The van der Waals surface area contributed by atoms with Crippen molar-refractivity contribution in [1.82, 2.24) is 0 Å². The van der Waals surface area contributed by atoms with E-state index in [9.17, 15) is 0 Å². The molecule has 0 fully saturated rings. The van der Waals surface area contributed by atoms with Gasteiger partial charge < -0.3 is 0 Å². The summed E-state index contributed by atoms with van der Waals surface area (Å²) in [7, 11) is 0. The summed E-state index contributed by atoms with van der Waals surface area (Å²) in [5.41, 5.74) is 8.37. The third-order valence-electron chi connectivity index (χ3n) is 4.69. The number of benzene rings is 3. The van der Waals surface area contributed by atoms with Crippen molar-refractivity contribution in [1.29, 1.82) is 0 Å². The van der Waals surface area contributed by atoms with Crippen LogP contribution in [0.15, 0.2) is 72.8 Å². The van der Waals surface area contributed by atoms with E-state index in [-0.39, 0.29) is 29.4 Å². The molecule has 3 aromatic carbocycles. The highest BCUT2D eigenvalue weighted by Gasteiger charge is 2.36. The van der Waals surface area contributed by atoms with Gasteiger partial charge in [-0.2, -0.15) is 0 Å². The lowest BCUT2D eigenvalue weighted by Crippen LogP contribution is -2.14. The number of hydrogen-bond donors (Lipinski definition) is 0. The molecule has 0 spiro atoms. The van der Waals surface area contributed by atoms with Crippen molar-refractivity contribution in [3.8, 4) is 22.3 Å². The van der Waals surface area contributed by atoms with E-state index >= 15 is 0 Å². The first-order valence-electron chi connectivity index (χ1n) is 7.48. The van der Waals surface area contributed by atoms with Crippen LogP contribution in [0.4, 0.5) is 0 Å². The molecule has 22 heavy (non-hydrogen) atoms. The zero-order valence-electron chi connectivity index (χ0n) is 12.8. The molecule has 1 aliphatic carbocycles. The summed E-state index contributed by atoms with van der Waals surface area (Å²) in [6.45, 7) is 4.65. The first-order chi connectivity index (χ1) is 10.2. The third-order valence-corrected chi connectivity index (χ3v) is 4.69. The first kappa shape index (κ1) is 15.3. The van der Waals surface area contributed by atoms with Gasteiger partial charge in [0.05, 0.1) is 0 Å². The second-order valence-corrected chi connectivity index (χ2v) is 6.26. The van der Waals surface area contributed by atoms with Gasteiger partial charge in [-0.05, 0) is 33.4 Å². The first-order valence-corrected chi connectivity index (χ1v) is 7.48. The zero-order chi connectivity index (χ0) is 14.4. The van der Waals surface area contributed by atoms with E-state index in [2.05, 4.69) is 86.6 Å². The fourth-order valence-corrected chi connectivity index (χ4v) is 3.61. The SMILES string of the molecule is CC1(C)c2ccccc2-c2c(-c3ccccc3)cccc21.I. The maximum absolute atomic E-state index is 2.33. The molecule has 0 radical (unpaired) electrons. The van der Waals surface area contributed by atoms with Crippen LogP contribution >= 0.6 is 24.0 Å². The van der Waals surface area contributed by atoms with Crippen LogP contribution in [-0.2, 0) is 5.41 Å². The topological polar surface area (TPSA) is 0 Å². The molecule has 0 aromatic heterocycles. The lowest BCUT2D eigenvalue weighted by molar-refractivity contribution is 0.660. The Morgan fingerprint density at radius 1 is 0.591 bits per heavy atom. The van der Waals surface area contributed by atoms with Gasteiger partial charge in [0.2, 0.25) is 0 Å². The van der Waals surface area contributed by atoms with Crippen molar-refractivity contribution in [3.05, 3.63) is 83.9 Å². The number of rotatable bonds is 1. The van der Waals surface area contributed by atoms with Crippen molar-refractivity contribution in [2.24, 2.45) is 0 Å². The molecule has 0 unspecified atom stereocenters. The molecule has 0 saturated carbocycles. The van der Waals surface area contributed by atoms with Crippen molar-refractivity contribution >= 4 is 24.0 Å². The van der Waals surface area contributed by atoms with Crippen LogP contribution in [0.5, 0.6) is 0 Å². The molecule has 1 aliphatic rings. The lowest BCUT2D eigenvalue weighted by atomic mass is 9.82. The van der Waals surface area contributed by atoms with Gasteiger partial charge in [0.1, 0.15) is 0 Å². The van der Waals surface area contributed by atoms with Gasteiger partial charge in [0.25, 0.3) is 0 Å². The maximum Gasteiger partial charge on any atom is 0.0159 e. The van der Waals surface area contributed by atoms with Gasteiger partial charge in [-0.15, -0.1) is 24.0 Å². The molecule has 0 saturated heterocycles. The van der Waals surface area contributed by atoms with Crippen LogP contribution in [0.3, 0.4) is 0 Å². The van der Waals surface area contributed by atoms with E-state index in [0.29, 0.717) is 0 Å². The molecule has 0 aliphatic heterocycles. The maximum atomic E-state index is 2.33. The van der Waals surface area contributed by atoms with Gasteiger partial charge >= 0.3 is 0 Å². The van der Waals surface area contributed by atoms with Crippen LogP contribution in [0.25, 0.3) is 22.3 Å². The summed E-state index contributed by atoms with van der Waals surface area (Å²) in [6, 6.07) is 26.2. The number of fused-ring (bicyclic) bond motifs is 3. The average molecular weight is 398 g/mol. The van der Waals surface area contributed by atoms with Gasteiger partial charge in [-0.25, -0.2) is 0 Å². The van der Waals surface area contributed by atoms with Gasteiger partial charge in [-0.1, -0.05) is 86.6 Å². The van der Waals surface area contributed by atoms with Crippen molar-refractivity contribution in [2.75, 3.05) is 0 Å². The Labute approximate surface area is 149 Å². The molecule has 0 amide bonds. The van der Waals surface area contributed by atoms with Crippen molar-refractivity contribution in [3.63, 3.8) is 0 Å². The minimum Gasteiger partial charge on any atom is -0.107 e. The highest BCUT2D eigenvalue weighted by Crippen LogP contribution is 2.51. The zero-order valence-corrected chi connectivity index (χ0v) is 15.2. The summed E-state index contributed by atoms with van der Waals surface area (Å²) in [4.78, 5) is 0. The molecule has 0 heterocycles. The van der Waals surface area contributed by atoms with Crippen molar-refractivity contribution < 1.29 is 0 Å². The summed E-state index contributed by atoms with van der Waals surface area (Å²) < 4.78 is 0. The predicted octanol–water partition coefficient (Wildman–Crippen LogP) is 6.28. The average Bonchev–Trinajstić information content (AvgIpc) is 2.77. The molecule has 4 rings (SSSR count). The molecular formula is C21H19I. The Balaban J connectivity index is 0.00000144. The standard InChI is InChI=1S/C21H18.HI/c1-21(2)18-13-7-6-11-17(18)20-16(12-8-14-19(20)21)15-9-4-3-5-10-15;/h3-14H,1-2H3;1H. The smallest absolute Gasteiger partial charge is 0.0159 e. The van der Waals surface area contributed by atoms with Crippen LogP contribution in [0, 0.1) is 0 Å². The predicted molar refractivity (Wildman–Crippen MR) is 105 cm³/mol. The molecule has 0 nitrogen and oxygen atoms in total. The van der Waals surface area contributed by atoms with Crippen LogP contribution in [0.1, 0.15) is 25.0 Å². The summed E-state index contributed by atoms with van der Waals surface area (Å²) in [5.74, 6) is 0. The highest BCUT2D eigenvalue weighted by molar-refractivity contribution is 14.0. The lowest BCUT2D eigenvalue weighted by Gasteiger charge is -2.21. The molecule has 1 heteroatoms. The van der Waals surface area contributed by atoms with Crippen molar-refractivity contribution in [2.45, 2.75) is 19.3 Å². The Kier molecular flexibility index (Phi) is 3.85. The molecular weight excluding hydrogens is 379 g/mol. The summed E-state index contributed by atoms with van der Waals surface area (Å²) in [5, 5.41) is 0. The van der Waals surface area contributed by atoms with Gasteiger partial charge in [0.15, 0.2) is 0 Å². The van der Waals surface area contributed by atoms with E-state index in [1.165, 1.54) is 33.4 Å². The van der Waals surface area contributed by atoms with Gasteiger partial charge in [0, 0.05) is 5.41 Å². The fourth-order valence-electron chi connectivity index (χ4n) is 3.61. The molecule has 0 bridgehead atoms. The molecule has 110 valence electrons. The Morgan fingerprint density at radius 3 is 1.95 bits per heavy atom. The molecule has 3 aromatic rings. The summed E-state index contributed by atoms with van der Waals surface area (Å²) >= 11 is 0. The fraction of sp³-hybridized carbons (Fsp3) is 0.143. The third kappa shape index (κ3) is 2.11. The van der Waals surface area contributed by atoms with E-state index in [0.717, 1.165) is 0 Å². The van der Waals surface area contributed by atoms with Gasteiger partial charge in [-0.3, -0.25) is 0 Å². The Morgan fingerprint density at radius 2 is 1.18 bits per heavy atom. The number of hydrogen-bond acceptors (Lipinski definition) is 0. The normalized spacial score (nSPS) is 13.9. The molecule has 0 N–H and O–H groups in total. The van der Waals surface area contributed by atoms with E-state index < -0.39 is 0 Å². The van der Waals surface area contributed by atoms with Crippen LogP contribution in [0.2, 0.25) is 0 Å². The molecule has 0 atom stereocenters. The van der Waals surface area contributed by atoms with E-state index in [1.54, 1.807) is 0 Å². The second kappa shape index (κ2) is 5.54. The minimum atomic E-state index is 0. The van der Waals surface area contributed by atoms with Crippen LogP contribution in [-0.4, -0.2) is 0 Å². The Hall–Kier alpha value is -1.61. The second-order valence-electron chi connectivity index (χ2n) is 6.26. The number of halogens is 1. The van der Waals surface area contributed by atoms with E-state index in [4.69, 9.17) is 0 Å². The largest absolute Gasteiger partial charge is 0.107 e.